The molecule has 0 aliphatic rings. The van der Waals surface area contributed by atoms with Crippen LogP contribution in [0, 0.1) is 6.92 Å². The van der Waals surface area contributed by atoms with Gasteiger partial charge in [0.15, 0.2) is 0 Å². The lowest BCUT2D eigenvalue weighted by molar-refractivity contribution is 0.0686. The summed E-state index contributed by atoms with van der Waals surface area (Å²) in [5, 5.41) is 12.5. The standard InChI is InChI=1S/C11H9N3O3/c1-7-3-2-4-8(5-7)14-6-12-10(15)9(13-14)11(16)17/h2-6H,1H3,(H,16,17). The number of carbonyl (C=O) groups is 1. The van der Waals surface area contributed by atoms with Crippen LogP contribution in [-0.4, -0.2) is 25.8 Å². The summed E-state index contributed by atoms with van der Waals surface area (Å²) in [6.45, 7) is 1.90. The molecule has 86 valence electrons. The Balaban J connectivity index is 2.58. The second-order valence-electron chi connectivity index (χ2n) is 3.49. The molecule has 2 rings (SSSR count). The minimum atomic E-state index is -1.38. The van der Waals surface area contributed by atoms with Crippen molar-refractivity contribution in [2.45, 2.75) is 6.92 Å². The van der Waals surface area contributed by atoms with Crippen molar-refractivity contribution >= 4 is 5.97 Å². The van der Waals surface area contributed by atoms with Crippen LogP contribution in [0.4, 0.5) is 0 Å². The van der Waals surface area contributed by atoms with E-state index < -0.39 is 17.2 Å². The quantitative estimate of drug-likeness (QED) is 0.819. The van der Waals surface area contributed by atoms with Crippen molar-refractivity contribution in [1.29, 1.82) is 0 Å². The third-order valence-corrected chi connectivity index (χ3v) is 2.16. The number of nitrogens with zero attached hydrogens (tertiary/aromatic N) is 3. The summed E-state index contributed by atoms with van der Waals surface area (Å²) in [6.07, 6.45) is 1.20. The first kappa shape index (κ1) is 11.0. The van der Waals surface area contributed by atoms with E-state index >= 15 is 0 Å². The van der Waals surface area contributed by atoms with Crippen LogP contribution >= 0.6 is 0 Å². The monoisotopic (exact) mass is 231 g/mol. The zero-order chi connectivity index (χ0) is 12.4. The maximum atomic E-state index is 11.1. The fraction of sp³-hybridized carbons (Fsp3) is 0.0909. The highest BCUT2D eigenvalue weighted by atomic mass is 16.4. The molecule has 1 aromatic heterocycles. The summed E-state index contributed by atoms with van der Waals surface area (Å²) in [5.74, 6) is -1.38. The molecule has 0 atom stereocenters. The molecule has 6 nitrogen and oxygen atoms in total. The number of rotatable bonds is 2. The Labute approximate surface area is 96.2 Å². The maximum Gasteiger partial charge on any atom is 0.362 e. The molecule has 1 N–H and O–H groups in total. The van der Waals surface area contributed by atoms with E-state index in [1.165, 1.54) is 11.0 Å². The van der Waals surface area contributed by atoms with Crippen LogP contribution in [0.15, 0.2) is 35.4 Å². The molecule has 0 radical (unpaired) electrons. The van der Waals surface area contributed by atoms with Crippen LogP contribution in [-0.2, 0) is 0 Å². The van der Waals surface area contributed by atoms with E-state index in [4.69, 9.17) is 5.11 Å². The second-order valence-corrected chi connectivity index (χ2v) is 3.49. The van der Waals surface area contributed by atoms with Crippen LogP contribution < -0.4 is 5.56 Å². The van der Waals surface area contributed by atoms with Crippen LogP contribution in [0.3, 0.4) is 0 Å². The SMILES string of the molecule is Cc1cccc(-n2cnc(=O)c(C(=O)O)n2)c1. The molecule has 0 aliphatic heterocycles. The molecule has 2 aromatic rings. The first-order valence-electron chi connectivity index (χ1n) is 4.84. The van der Waals surface area contributed by atoms with Crippen molar-refractivity contribution < 1.29 is 9.90 Å². The lowest BCUT2D eigenvalue weighted by Crippen LogP contribution is -2.23. The molecule has 0 saturated carbocycles. The lowest BCUT2D eigenvalue weighted by atomic mass is 10.2. The van der Waals surface area contributed by atoms with Gasteiger partial charge in [-0.25, -0.2) is 9.48 Å². The molecule has 0 aliphatic carbocycles. The average molecular weight is 231 g/mol. The third-order valence-electron chi connectivity index (χ3n) is 2.16. The van der Waals surface area contributed by atoms with Gasteiger partial charge in [-0.3, -0.25) is 4.79 Å². The third kappa shape index (κ3) is 2.20. The topological polar surface area (TPSA) is 85.1 Å². The Morgan fingerprint density at radius 2 is 2.18 bits per heavy atom. The number of aromatic carboxylic acids is 1. The van der Waals surface area contributed by atoms with Gasteiger partial charge in [-0.2, -0.15) is 10.1 Å². The van der Waals surface area contributed by atoms with Crippen molar-refractivity contribution in [2.75, 3.05) is 0 Å². The van der Waals surface area contributed by atoms with Crippen LogP contribution in [0.5, 0.6) is 0 Å². The first-order chi connectivity index (χ1) is 8.08. The molecule has 0 unspecified atom stereocenters. The number of hydrogen-bond donors (Lipinski definition) is 1. The molecule has 1 aromatic carbocycles. The summed E-state index contributed by atoms with van der Waals surface area (Å²) >= 11 is 0. The average Bonchev–Trinajstić information content (AvgIpc) is 2.29. The molecule has 6 heteroatoms. The highest BCUT2D eigenvalue weighted by molar-refractivity contribution is 5.84. The maximum absolute atomic E-state index is 11.1. The summed E-state index contributed by atoms with van der Waals surface area (Å²) < 4.78 is 1.26. The Hall–Kier alpha value is -2.50. The largest absolute Gasteiger partial charge is 0.476 e. The zero-order valence-corrected chi connectivity index (χ0v) is 8.99. The molecule has 0 saturated heterocycles. The molecule has 0 fully saturated rings. The van der Waals surface area contributed by atoms with Crippen molar-refractivity contribution in [2.24, 2.45) is 0 Å². The number of aromatic nitrogens is 3. The van der Waals surface area contributed by atoms with Gasteiger partial charge in [-0.05, 0) is 24.6 Å². The van der Waals surface area contributed by atoms with Crippen molar-refractivity contribution in [1.82, 2.24) is 14.8 Å². The molecule has 0 amide bonds. The summed E-state index contributed by atoms with van der Waals surface area (Å²) in [5.41, 5.74) is 0.218. The Bertz CT molecular complexity index is 634. The van der Waals surface area contributed by atoms with Crippen LogP contribution in [0.2, 0.25) is 0 Å². The number of carboxylic acid groups (broad SMARTS) is 1. The number of hydrogen-bond acceptors (Lipinski definition) is 4. The fourth-order valence-electron chi connectivity index (χ4n) is 1.37. The minimum Gasteiger partial charge on any atom is -0.476 e. The van der Waals surface area contributed by atoms with E-state index in [0.29, 0.717) is 5.69 Å². The van der Waals surface area contributed by atoms with Gasteiger partial charge in [-0.1, -0.05) is 12.1 Å². The molecule has 0 bridgehead atoms. The number of carboxylic acids is 1. The smallest absolute Gasteiger partial charge is 0.362 e. The van der Waals surface area contributed by atoms with E-state index in [2.05, 4.69) is 10.1 Å². The molecule has 0 spiro atoms. The fourth-order valence-corrected chi connectivity index (χ4v) is 1.37. The van der Waals surface area contributed by atoms with Gasteiger partial charge in [0.2, 0.25) is 5.69 Å². The summed E-state index contributed by atoms with van der Waals surface area (Å²) in [4.78, 5) is 25.4. The second kappa shape index (κ2) is 4.17. The Morgan fingerprint density at radius 3 is 2.82 bits per heavy atom. The predicted octanol–water partition coefficient (Wildman–Crippen LogP) is 0.634. The van der Waals surface area contributed by atoms with Gasteiger partial charge in [0, 0.05) is 0 Å². The zero-order valence-electron chi connectivity index (χ0n) is 8.99. The van der Waals surface area contributed by atoms with Gasteiger partial charge in [0.1, 0.15) is 6.33 Å². The Morgan fingerprint density at radius 1 is 1.41 bits per heavy atom. The Kier molecular flexibility index (Phi) is 2.70. The van der Waals surface area contributed by atoms with Gasteiger partial charge in [0.25, 0.3) is 0 Å². The van der Waals surface area contributed by atoms with E-state index in [-0.39, 0.29) is 0 Å². The van der Waals surface area contributed by atoms with Crippen molar-refractivity contribution in [3.63, 3.8) is 0 Å². The van der Waals surface area contributed by atoms with E-state index in [9.17, 15) is 9.59 Å². The van der Waals surface area contributed by atoms with Crippen LogP contribution in [0.25, 0.3) is 5.69 Å². The van der Waals surface area contributed by atoms with Crippen LogP contribution in [0.1, 0.15) is 16.1 Å². The van der Waals surface area contributed by atoms with Gasteiger partial charge in [-0.15, -0.1) is 0 Å². The van der Waals surface area contributed by atoms with Crippen molar-refractivity contribution in [3.05, 3.63) is 52.2 Å². The highest BCUT2D eigenvalue weighted by Crippen LogP contribution is 2.07. The predicted molar refractivity (Wildman–Crippen MR) is 59.3 cm³/mol. The van der Waals surface area contributed by atoms with Gasteiger partial charge < -0.3 is 5.11 Å². The molecule has 17 heavy (non-hydrogen) atoms. The summed E-state index contributed by atoms with van der Waals surface area (Å²) in [7, 11) is 0. The van der Waals surface area contributed by atoms with E-state index in [1.807, 2.05) is 25.1 Å². The number of aryl methyl sites for hydroxylation is 1. The normalized spacial score (nSPS) is 10.2. The van der Waals surface area contributed by atoms with Gasteiger partial charge >= 0.3 is 11.5 Å². The summed E-state index contributed by atoms with van der Waals surface area (Å²) in [6, 6.07) is 7.27. The van der Waals surface area contributed by atoms with Gasteiger partial charge in [0.05, 0.1) is 5.69 Å². The van der Waals surface area contributed by atoms with E-state index in [1.54, 1.807) is 6.07 Å². The molecular formula is C11H9N3O3. The van der Waals surface area contributed by atoms with E-state index in [0.717, 1.165) is 5.56 Å². The highest BCUT2D eigenvalue weighted by Gasteiger charge is 2.12. The lowest BCUT2D eigenvalue weighted by Gasteiger charge is -2.05. The molecule has 1 heterocycles. The molecular weight excluding hydrogens is 222 g/mol. The van der Waals surface area contributed by atoms with Crippen molar-refractivity contribution in [3.8, 4) is 5.69 Å². The number of benzene rings is 1. The first-order valence-corrected chi connectivity index (χ1v) is 4.84. The minimum absolute atomic E-state index is 0.589.